The van der Waals surface area contributed by atoms with E-state index in [-0.39, 0.29) is 17.1 Å². The van der Waals surface area contributed by atoms with E-state index in [0.29, 0.717) is 24.5 Å². The minimum absolute atomic E-state index is 0.189. The Labute approximate surface area is 247 Å². The molecule has 0 radical (unpaired) electrons. The largest absolute Gasteiger partial charge is 0.497 e. The number of aryl methyl sites for hydroxylation is 1. The van der Waals surface area contributed by atoms with Gasteiger partial charge in [0.05, 0.1) is 65.0 Å². The van der Waals surface area contributed by atoms with E-state index in [1.165, 1.54) is 4.09 Å². The van der Waals surface area contributed by atoms with Crippen molar-refractivity contribution < 1.29 is 17.9 Å². The van der Waals surface area contributed by atoms with Crippen molar-refractivity contribution in [3.63, 3.8) is 0 Å². The third-order valence-electron chi connectivity index (χ3n) is 7.57. The van der Waals surface area contributed by atoms with Crippen LogP contribution in [0.4, 0.5) is 5.82 Å². The van der Waals surface area contributed by atoms with Gasteiger partial charge in [0.25, 0.3) is 10.0 Å². The topological polar surface area (TPSA) is 116 Å². The van der Waals surface area contributed by atoms with Crippen molar-refractivity contribution in [1.82, 2.24) is 28.2 Å². The van der Waals surface area contributed by atoms with Gasteiger partial charge < -0.3 is 9.47 Å². The van der Waals surface area contributed by atoms with Crippen molar-refractivity contribution in [3.05, 3.63) is 82.8 Å². The third-order valence-corrected chi connectivity index (χ3v) is 9.80. The molecular formula is C28H30BrN7O4S. The Kier molecular flexibility index (Phi) is 7.34. The highest BCUT2D eigenvalue weighted by atomic mass is 79.9. The van der Waals surface area contributed by atoms with Crippen molar-refractivity contribution in [3.8, 4) is 11.5 Å². The fourth-order valence-corrected chi connectivity index (χ4v) is 7.21. The molecule has 2 atom stereocenters. The molecule has 6 rings (SSSR count). The molecule has 0 fully saturated rings. The van der Waals surface area contributed by atoms with Gasteiger partial charge in [0, 0.05) is 23.7 Å². The average Bonchev–Trinajstić information content (AvgIpc) is 3.62. The normalized spacial score (nSPS) is 18.2. The smallest absolute Gasteiger partial charge is 0.283 e. The number of nitrogens with one attached hydrogen (secondary N) is 1. The van der Waals surface area contributed by atoms with Crippen LogP contribution in [0.1, 0.15) is 53.0 Å². The van der Waals surface area contributed by atoms with Gasteiger partial charge in [-0.2, -0.15) is 22.7 Å². The van der Waals surface area contributed by atoms with E-state index >= 15 is 0 Å². The number of hydrogen-bond acceptors (Lipinski definition) is 9. The number of aromatic nitrogens is 4. The summed E-state index contributed by atoms with van der Waals surface area (Å²) in [6.07, 6.45) is 7.14. The number of aliphatic imine (C=N–C) groups is 1. The van der Waals surface area contributed by atoms with Gasteiger partial charge in [-0.1, -0.05) is 23.8 Å². The Hall–Kier alpha value is -3.68. The monoisotopic (exact) mass is 639 g/mol. The lowest BCUT2D eigenvalue weighted by Gasteiger charge is -2.29. The number of halogens is 1. The van der Waals surface area contributed by atoms with E-state index in [2.05, 4.69) is 31.6 Å². The van der Waals surface area contributed by atoms with Gasteiger partial charge >= 0.3 is 0 Å². The van der Waals surface area contributed by atoms with E-state index in [0.717, 1.165) is 46.6 Å². The standard InChI is InChI=1S/C28H30BrN7O4S/c1-18-7-11-21(12-8-18)41(37,38)36-25-6-4-5-24(22(25)15-33-36)35-28-23(16-32-35)27(34(29)17-31-28)30-14-19-9-10-20(39-2)13-26(19)40-3/h7-13,15-17,24,27,30H,4-6,14H2,1-3H3. The van der Waals surface area contributed by atoms with E-state index in [9.17, 15) is 8.42 Å². The van der Waals surface area contributed by atoms with Gasteiger partial charge in [0.2, 0.25) is 0 Å². The molecule has 2 aromatic carbocycles. The molecule has 1 aliphatic heterocycles. The third kappa shape index (κ3) is 4.91. The lowest BCUT2D eigenvalue weighted by atomic mass is 9.93. The molecule has 3 heterocycles. The number of hydrogen-bond donors (Lipinski definition) is 1. The maximum Gasteiger partial charge on any atom is 0.283 e. The molecule has 41 heavy (non-hydrogen) atoms. The summed E-state index contributed by atoms with van der Waals surface area (Å²) in [6.45, 7) is 2.45. The molecule has 0 saturated carbocycles. The molecule has 214 valence electrons. The molecule has 4 aromatic rings. The summed E-state index contributed by atoms with van der Waals surface area (Å²) >= 11 is 3.59. The van der Waals surface area contributed by atoms with Crippen LogP contribution < -0.4 is 14.8 Å². The van der Waals surface area contributed by atoms with E-state index in [1.807, 2.05) is 39.9 Å². The van der Waals surface area contributed by atoms with Crippen molar-refractivity contribution in [1.29, 1.82) is 0 Å². The van der Waals surface area contributed by atoms with Crippen LogP contribution in [0.25, 0.3) is 0 Å². The summed E-state index contributed by atoms with van der Waals surface area (Å²) in [5, 5.41) is 12.7. The number of ether oxygens (including phenoxy) is 2. The number of fused-ring (bicyclic) bond motifs is 2. The number of methoxy groups -OCH3 is 2. The second-order valence-corrected chi connectivity index (χ2v) is 12.6. The van der Waals surface area contributed by atoms with E-state index in [4.69, 9.17) is 14.6 Å². The lowest BCUT2D eigenvalue weighted by molar-refractivity contribution is 0.378. The highest BCUT2D eigenvalue weighted by molar-refractivity contribution is 9.07. The van der Waals surface area contributed by atoms with Gasteiger partial charge in [-0.05, 0) is 44.4 Å². The maximum absolute atomic E-state index is 13.5. The van der Waals surface area contributed by atoms with Gasteiger partial charge in [0.1, 0.15) is 24.0 Å². The van der Waals surface area contributed by atoms with Crippen LogP contribution in [0.15, 0.2) is 64.7 Å². The Morgan fingerprint density at radius 3 is 2.59 bits per heavy atom. The second kappa shape index (κ2) is 11.0. The highest BCUT2D eigenvalue weighted by Gasteiger charge is 2.34. The summed E-state index contributed by atoms with van der Waals surface area (Å²) in [5.41, 5.74) is 4.40. The minimum Gasteiger partial charge on any atom is -0.497 e. The quantitative estimate of drug-likeness (QED) is 0.277. The first-order valence-electron chi connectivity index (χ1n) is 13.2. The number of benzene rings is 2. The second-order valence-electron chi connectivity index (χ2n) is 10.0. The first-order chi connectivity index (χ1) is 19.8. The van der Waals surface area contributed by atoms with Crippen LogP contribution in [0.2, 0.25) is 0 Å². The van der Waals surface area contributed by atoms with Gasteiger partial charge in [-0.25, -0.2) is 9.67 Å². The summed E-state index contributed by atoms with van der Waals surface area (Å²) in [4.78, 5) is 4.90. The van der Waals surface area contributed by atoms with Gasteiger partial charge in [-0.3, -0.25) is 9.24 Å². The molecule has 0 saturated heterocycles. The summed E-state index contributed by atoms with van der Waals surface area (Å²) in [7, 11) is -0.558. The molecule has 1 N–H and O–H groups in total. The minimum atomic E-state index is -3.82. The van der Waals surface area contributed by atoms with Gasteiger partial charge in [0.15, 0.2) is 5.82 Å². The Morgan fingerprint density at radius 2 is 1.83 bits per heavy atom. The SMILES string of the molecule is COc1ccc(CNC2c3cnn(C4CCCc5c4cnn5S(=O)(=O)c4ccc(C)cc4)c3N=CN2Br)c(OC)c1. The van der Waals surface area contributed by atoms with Crippen molar-refractivity contribution >= 4 is 38.3 Å². The summed E-state index contributed by atoms with van der Waals surface area (Å²) in [6, 6.07) is 12.4. The molecule has 2 unspecified atom stereocenters. The Bertz CT molecular complexity index is 1720. The number of rotatable bonds is 8. The number of nitrogens with zero attached hydrogens (tertiary/aromatic N) is 6. The van der Waals surface area contributed by atoms with Crippen molar-refractivity contribution in [2.75, 3.05) is 14.2 Å². The fourth-order valence-electron chi connectivity index (χ4n) is 5.41. The zero-order valence-corrected chi connectivity index (χ0v) is 25.3. The summed E-state index contributed by atoms with van der Waals surface area (Å²) in [5.74, 6) is 2.17. The Morgan fingerprint density at radius 1 is 1.05 bits per heavy atom. The van der Waals surface area contributed by atoms with E-state index in [1.54, 1.807) is 51.0 Å². The van der Waals surface area contributed by atoms with Crippen LogP contribution in [0.3, 0.4) is 0 Å². The molecule has 0 bridgehead atoms. The van der Waals surface area contributed by atoms with Crippen molar-refractivity contribution in [2.45, 2.75) is 49.8 Å². The lowest BCUT2D eigenvalue weighted by Crippen LogP contribution is -2.33. The van der Waals surface area contributed by atoms with Crippen LogP contribution in [-0.4, -0.2) is 51.9 Å². The molecule has 0 spiro atoms. The molecule has 2 aromatic heterocycles. The van der Waals surface area contributed by atoms with Crippen LogP contribution in [-0.2, 0) is 23.0 Å². The zero-order valence-electron chi connectivity index (χ0n) is 22.9. The van der Waals surface area contributed by atoms with E-state index < -0.39 is 10.0 Å². The summed E-state index contributed by atoms with van der Waals surface area (Å²) < 4.78 is 42.7. The first kappa shape index (κ1) is 27.5. The molecule has 1 aliphatic carbocycles. The van der Waals surface area contributed by atoms with Crippen LogP contribution in [0, 0.1) is 6.92 Å². The zero-order chi connectivity index (χ0) is 28.7. The van der Waals surface area contributed by atoms with Gasteiger partial charge in [-0.15, -0.1) is 0 Å². The molecule has 13 heteroatoms. The first-order valence-corrected chi connectivity index (χ1v) is 15.4. The predicted molar refractivity (Wildman–Crippen MR) is 157 cm³/mol. The molecule has 2 aliphatic rings. The predicted octanol–water partition coefficient (Wildman–Crippen LogP) is 4.64. The van der Waals surface area contributed by atoms with Crippen molar-refractivity contribution in [2.24, 2.45) is 4.99 Å². The molecular weight excluding hydrogens is 610 g/mol. The highest BCUT2D eigenvalue weighted by Crippen LogP contribution is 2.40. The van der Waals surface area contributed by atoms with Crippen LogP contribution >= 0.6 is 16.1 Å². The molecule has 11 nitrogen and oxygen atoms in total. The Balaban J connectivity index is 1.29. The van der Waals surface area contributed by atoms with Crippen LogP contribution in [0.5, 0.6) is 11.5 Å². The average molecular weight is 641 g/mol. The maximum atomic E-state index is 13.5. The fraction of sp³-hybridized carbons (Fsp3) is 0.321. The molecule has 0 amide bonds.